The number of hydrogen-bond acceptors (Lipinski definition) is 2. The topological polar surface area (TPSA) is 37.3 Å². The van der Waals surface area contributed by atoms with Gasteiger partial charge < -0.3 is 5.11 Å². The van der Waals surface area contributed by atoms with Crippen molar-refractivity contribution < 1.29 is 9.90 Å². The quantitative estimate of drug-likeness (QED) is 0.568. The van der Waals surface area contributed by atoms with E-state index in [0.29, 0.717) is 6.42 Å². The molecule has 0 spiro atoms. The van der Waals surface area contributed by atoms with Gasteiger partial charge in [-0.05, 0) is 24.7 Å². The molecular formula is C9H14O2. The molecule has 2 heteroatoms. The van der Waals surface area contributed by atoms with Gasteiger partial charge in [0.05, 0.1) is 6.10 Å². The minimum Gasteiger partial charge on any atom is -0.392 e. The molecule has 3 aliphatic carbocycles. The summed E-state index contributed by atoms with van der Waals surface area (Å²) in [5, 5.41) is 9.51. The minimum atomic E-state index is -0.338. The summed E-state index contributed by atoms with van der Waals surface area (Å²) in [6.07, 6.45) is 3.24. The van der Waals surface area contributed by atoms with Crippen LogP contribution in [0.4, 0.5) is 0 Å². The lowest BCUT2D eigenvalue weighted by Gasteiger charge is -2.45. The predicted molar refractivity (Wildman–Crippen MR) is 41.1 cm³/mol. The summed E-state index contributed by atoms with van der Waals surface area (Å²) in [7, 11) is 0. The molecule has 0 aromatic heterocycles. The molecule has 0 aromatic carbocycles. The molecule has 3 atom stereocenters. The smallest absolute Gasteiger partial charge is 0.139 e. The largest absolute Gasteiger partial charge is 0.392 e. The second-order valence-electron chi connectivity index (χ2n) is 4.37. The number of carbonyl (C=O) groups is 1. The first-order valence-electron chi connectivity index (χ1n) is 4.32. The normalized spacial score (nSPS) is 49.8. The summed E-state index contributed by atoms with van der Waals surface area (Å²) >= 11 is 0. The summed E-state index contributed by atoms with van der Waals surface area (Å²) in [5.74, 6) is 0.273. The van der Waals surface area contributed by atoms with Gasteiger partial charge in [-0.3, -0.25) is 4.79 Å². The maximum absolute atomic E-state index is 11.3. The molecular weight excluding hydrogens is 140 g/mol. The number of Topliss-reactive ketones (excluding diaryl/α,β-unsaturated/α-hetero) is 1. The van der Waals surface area contributed by atoms with Crippen LogP contribution in [0.1, 0.15) is 32.6 Å². The van der Waals surface area contributed by atoms with Gasteiger partial charge in [0, 0.05) is 12.3 Å². The molecule has 0 aliphatic heterocycles. The first-order valence-corrected chi connectivity index (χ1v) is 4.32. The van der Waals surface area contributed by atoms with Crippen LogP contribution in [-0.4, -0.2) is 17.0 Å². The first kappa shape index (κ1) is 7.29. The van der Waals surface area contributed by atoms with Crippen molar-refractivity contribution in [3.8, 4) is 0 Å². The molecule has 0 saturated heterocycles. The van der Waals surface area contributed by atoms with E-state index in [0.717, 1.165) is 19.3 Å². The van der Waals surface area contributed by atoms with Crippen molar-refractivity contribution in [3.63, 3.8) is 0 Å². The lowest BCUT2D eigenvalue weighted by Crippen LogP contribution is -2.47. The fraction of sp³-hybridized carbons (Fsp3) is 0.889. The van der Waals surface area contributed by atoms with Gasteiger partial charge in [0.2, 0.25) is 0 Å². The van der Waals surface area contributed by atoms with Crippen molar-refractivity contribution in [3.05, 3.63) is 0 Å². The van der Waals surface area contributed by atoms with Gasteiger partial charge >= 0.3 is 0 Å². The molecule has 0 aromatic rings. The van der Waals surface area contributed by atoms with Crippen molar-refractivity contribution >= 4 is 5.78 Å². The highest BCUT2D eigenvalue weighted by Gasteiger charge is 2.46. The summed E-state index contributed by atoms with van der Waals surface area (Å²) in [6, 6.07) is 0. The molecule has 2 nitrogen and oxygen atoms in total. The molecule has 1 N–H and O–H groups in total. The monoisotopic (exact) mass is 154 g/mol. The third kappa shape index (κ3) is 1.00. The second-order valence-corrected chi connectivity index (χ2v) is 4.37. The van der Waals surface area contributed by atoms with E-state index in [1.54, 1.807) is 0 Å². The van der Waals surface area contributed by atoms with E-state index >= 15 is 0 Å². The SMILES string of the molecule is C[C@@]12CC[C@@H](C(=O)C1)[C@H](O)C2. The Hall–Kier alpha value is -0.370. The fourth-order valence-corrected chi connectivity index (χ4v) is 2.53. The van der Waals surface area contributed by atoms with Gasteiger partial charge in [0.25, 0.3) is 0 Å². The molecule has 0 heterocycles. The molecule has 62 valence electrons. The van der Waals surface area contributed by atoms with Crippen molar-refractivity contribution in [2.45, 2.75) is 38.7 Å². The Kier molecular flexibility index (Phi) is 1.37. The highest BCUT2D eigenvalue weighted by Crippen LogP contribution is 2.47. The molecule has 0 radical (unpaired) electrons. The van der Waals surface area contributed by atoms with Crippen molar-refractivity contribution in [1.82, 2.24) is 0 Å². The summed E-state index contributed by atoms with van der Waals surface area (Å²) < 4.78 is 0. The van der Waals surface area contributed by atoms with Crippen LogP contribution in [0.2, 0.25) is 0 Å². The highest BCUT2D eigenvalue weighted by molar-refractivity contribution is 5.84. The lowest BCUT2D eigenvalue weighted by atomic mass is 9.60. The maximum Gasteiger partial charge on any atom is 0.139 e. The van der Waals surface area contributed by atoms with E-state index in [1.807, 2.05) is 0 Å². The van der Waals surface area contributed by atoms with Gasteiger partial charge in [-0.25, -0.2) is 0 Å². The third-order valence-corrected chi connectivity index (χ3v) is 3.24. The average Bonchev–Trinajstić information content (AvgIpc) is 1.83. The number of aliphatic hydroxyl groups is 1. The van der Waals surface area contributed by atoms with Crippen LogP contribution in [0.5, 0.6) is 0 Å². The molecule has 3 fully saturated rings. The second kappa shape index (κ2) is 2.07. The van der Waals surface area contributed by atoms with Crippen molar-refractivity contribution in [1.29, 1.82) is 0 Å². The van der Waals surface area contributed by atoms with Gasteiger partial charge in [0.15, 0.2) is 0 Å². The van der Waals surface area contributed by atoms with Gasteiger partial charge in [-0.2, -0.15) is 0 Å². The summed E-state index contributed by atoms with van der Waals surface area (Å²) in [4.78, 5) is 11.3. The number of hydrogen-bond donors (Lipinski definition) is 1. The number of rotatable bonds is 0. The Bertz CT molecular complexity index is 200. The average molecular weight is 154 g/mol. The van der Waals surface area contributed by atoms with E-state index in [2.05, 4.69) is 6.92 Å². The van der Waals surface area contributed by atoms with Gasteiger partial charge in [0.1, 0.15) is 5.78 Å². The summed E-state index contributed by atoms with van der Waals surface area (Å²) in [5.41, 5.74) is 0.130. The van der Waals surface area contributed by atoms with Crippen LogP contribution in [0.3, 0.4) is 0 Å². The zero-order valence-electron chi connectivity index (χ0n) is 6.84. The van der Waals surface area contributed by atoms with Crippen LogP contribution in [0, 0.1) is 11.3 Å². The molecule has 3 aliphatic rings. The molecule has 0 amide bonds. The Morgan fingerprint density at radius 1 is 1.64 bits per heavy atom. The Balaban J connectivity index is 2.26. The van der Waals surface area contributed by atoms with E-state index in [1.165, 1.54) is 0 Å². The van der Waals surface area contributed by atoms with E-state index in [4.69, 9.17) is 0 Å². The number of carbonyl (C=O) groups excluding carboxylic acids is 1. The first-order chi connectivity index (χ1) is 5.11. The van der Waals surface area contributed by atoms with Crippen molar-refractivity contribution in [2.75, 3.05) is 0 Å². The number of aliphatic hydroxyl groups excluding tert-OH is 1. The van der Waals surface area contributed by atoms with E-state index < -0.39 is 0 Å². The maximum atomic E-state index is 11.3. The molecule has 3 rings (SSSR count). The molecule has 3 saturated carbocycles. The van der Waals surface area contributed by atoms with E-state index in [9.17, 15) is 9.90 Å². The van der Waals surface area contributed by atoms with Gasteiger partial charge in [-0.1, -0.05) is 6.92 Å². The number of fused-ring (bicyclic) bond motifs is 3. The highest BCUT2D eigenvalue weighted by atomic mass is 16.3. The van der Waals surface area contributed by atoms with Crippen LogP contribution in [0.25, 0.3) is 0 Å². The van der Waals surface area contributed by atoms with Crippen LogP contribution >= 0.6 is 0 Å². The van der Waals surface area contributed by atoms with Crippen molar-refractivity contribution in [2.24, 2.45) is 11.3 Å². The molecule has 0 unspecified atom stereocenters. The number of ketones is 1. The molecule has 2 bridgehead atoms. The van der Waals surface area contributed by atoms with Crippen LogP contribution in [-0.2, 0) is 4.79 Å². The lowest BCUT2D eigenvalue weighted by molar-refractivity contribution is -0.142. The summed E-state index contributed by atoms with van der Waals surface area (Å²) in [6.45, 7) is 2.11. The molecule has 11 heavy (non-hydrogen) atoms. The van der Waals surface area contributed by atoms with Gasteiger partial charge in [-0.15, -0.1) is 0 Å². The Morgan fingerprint density at radius 2 is 2.36 bits per heavy atom. The Labute approximate surface area is 66.6 Å². The van der Waals surface area contributed by atoms with Crippen LogP contribution in [0.15, 0.2) is 0 Å². The zero-order valence-corrected chi connectivity index (χ0v) is 6.84. The van der Waals surface area contributed by atoms with Crippen LogP contribution < -0.4 is 0 Å². The van der Waals surface area contributed by atoms with E-state index in [-0.39, 0.29) is 23.2 Å². The Morgan fingerprint density at radius 3 is 2.82 bits per heavy atom. The predicted octanol–water partition coefficient (Wildman–Crippen LogP) is 1.13. The zero-order chi connectivity index (χ0) is 8.06. The standard InChI is InChI=1S/C9H14O2/c1-9-3-2-6(7(10)4-9)8(11)5-9/h6-7,10H,2-5H2,1H3/t6-,7-,9+/m1/s1. The fourth-order valence-electron chi connectivity index (χ4n) is 2.53. The minimum absolute atomic E-state index is 0.0168. The third-order valence-electron chi connectivity index (χ3n) is 3.24.